The second kappa shape index (κ2) is 5.55. The Morgan fingerprint density at radius 2 is 2.26 bits per heavy atom. The van der Waals surface area contributed by atoms with Crippen LogP contribution in [0.25, 0.3) is 0 Å². The molecular formula is C13H16Cl2N2O2. The van der Waals surface area contributed by atoms with Gasteiger partial charge in [0, 0.05) is 12.1 Å². The maximum Gasteiger partial charge on any atom is 0.232 e. The molecule has 4 nitrogen and oxygen atoms in total. The van der Waals surface area contributed by atoms with E-state index < -0.39 is 5.41 Å². The smallest absolute Gasteiger partial charge is 0.232 e. The Labute approximate surface area is 122 Å². The Hall–Kier alpha value is -1.00. The van der Waals surface area contributed by atoms with Crippen molar-refractivity contribution in [3.8, 4) is 5.88 Å². The van der Waals surface area contributed by atoms with Crippen LogP contribution >= 0.6 is 23.2 Å². The number of amides is 1. The minimum Gasteiger partial charge on any atom is -0.470 e. The lowest BCUT2D eigenvalue weighted by Crippen LogP contribution is -2.59. The van der Waals surface area contributed by atoms with Crippen LogP contribution in [0, 0.1) is 5.41 Å². The first-order valence-corrected chi connectivity index (χ1v) is 6.98. The Morgan fingerprint density at radius 1 is 1.58 bits per heavy atom. The molecule has 1 amide bonds. The summed E-state index contributed by atoms with van der Waals surface area (Å²) in [5.41, 5.74) is -0.533. The van der Waals surface area contributed by atoms with E-state index in [0.29, 0.717) is 29.9 Å². The van der Waals surface area contributed by atoms with Gasteiger partial charge in [-0.25, -0.2) is 4.98 Å². The van der Waals surface area contributed by atoms with Crippen LogP contribution in [-0.2, 0) is 4.79 Å². The van der Waals surface area contributed by atoms with E-state index in [1.807, 2.05) is 13.8 Å². The number of aromatic nitrogens is 1. The zero-order chi connectivity index (χ0) is 14.0. The normalized spacial score (nSPS) is 16.1. The van der Waals surface area contributed by atoms with Crippen molar-refractivity contribution in [1.29, 1.82) is 0 Å². The van der Waals surface area contributed by atoms with Gasteiger partial charge in [0.2, 0.25) is 11.8 Å². The van der Waals surface area contributed by atoms with Crippen molar-refractivity contribution in [2.75, 3.05) is 19.0 Å². The van der Waals surface area contributed by atoms with Crippen LogP contribution in [0.4, 0.5) is 0 Å². The summed E-state index contributed by atoms with van der Waals surface area (Å²) >= 11 is 11.8. The van der Waals surface area contributed by atoms with Crippen molar-refractivity contribution in [3.63, 3.8) is 0 Å². The molecule has 6 heteroatoms. The van der Waals surface area contributed by atoms with E-state index in [2.05, 4.69) is 4.98 Å². The molecule has 1 fully saturated rings. The third kappa shape index (κ3) is 3.12. The van der Waals surface area contributed by atoms with Gasteiger partial charge in [-0.2, -0.15) is 0 Å². The minimum absolute atomic E-state index is 0.0504. The van der Waals surface area contributed by atoms with Crippen molar-refractivity contribution >= 4 is 29.1 Å². The molecule has 0 bridgehead atoms. The molecule has 1 aliphatic heterocycles. The molecule has 2 rings (SSSR count). The number of rotatable bonds is 4. The number of hydrogen-bond donors (Lipinski definition) is 0. The van der Waals surface area contributed by atoms with E-state index in [1.54, 1.807) is 23.2 Å². The van der Waals surface area contributed by atoms with Crippen LogP contribution in [0.5, 0.6) is 5.88 Å². The number of pyridine rings is 1. The van der Waals surface area contributed by atoms with Crippen LogP contribution in [0.3, 0.4) is 0 Å². The summed E-state index contributed by atoms with van der Waals surface area (Å²) < 4.78 is 5.64. The number of likely N-dealkylation sites (tertiary alicyclic amines) is 1. The highest BCUT2D eigenvalue weighted by Crippen LogP contribution is 2.27. The topological polar surface area (TPSA) is 42.4 Å². The number of ether oxygens (including phenoxy) is 1. The van der Waals surface area contributed by atoms with Crippen molar-refractivity contribution in [2.24, 2.45) is 5.41 Å². The standard InChI is InChI=1S/C13H16Cl2N2O2/c1-13(2,8-14)12(18)17-6-9(7-17)19-11-10(15)4-3-5-16-11/h3-5,9H,6-8H2,1-2H3. The first-order valence-electron chi connectivity index (χ1n) is 6.06. The van der Waals surface area contributed by atoms with Crippen molar-refractivity contribution in [1.82, 2.24) is 9.88 Å². The van der Waals surface area contributed by atoms with Gasteiger partial charge in [-0.1, -0.05) is 11.6 Å². The van der Waals surface area contributed by atoms with Crippen LogP contribution in [0.2, 0.25) is 5.02 Å². The summed E-state index contributed by atoms with van der Waals surface area (Å²) in [5, 5.41) is 0.480. The van der Waals surface area contributed by atoms with E-state index >= 15 is 0 Å². The quantitative estimate of drug-likeness (QED) is 0.803. The van der Waals surface area contributed by atoms with Gasteiger partial charge in [0.1, 0.15) is 11.1 Å². The van der Waals surface area contributed by atoms with Gasteiger partial charge in [-0.15, -0.1) is 11.6 Å². The number of carbonyl (C=O) groups is 1. The molecule has 2 heterocycles. The molecule has 0 N–H and O–H groups in total. The molecular weight excluding hydrogens is 287 g/mol. The average Bonchev–Trinajstić information content (AvgIpc) is 2.34. The highest BCUT2D eigenvalue weighted by Gasteiger charge is 2.39. The van der Waals surface area contributed by atoms with Crippen LogP contribution in [0.1, 0.15) is 13.8 Å². The zero-order valence-corrected chi connectivity index (χ0v) is 12.4. The van der Waals surface area contributed by atoms with Gasteiger partial charge < -0.3 is 9.64 Å². The Morgan fingerprint density at radius 3 is 2.84 bits per heavy atom. The van der Waals surface area contributed by atoms with Crippen LogP contribution < -0.4 is 4.74 Å². The summed E-state index contributed by atoms with van der Waals surface area (Å²) in [4.78, 5) is 17.9. The number of halogens is 2. The lowest BCUT2D eigenvalue weighted by atomic mass is 9.92. The van der Waals surface area contributed by atoms with Crippen molar-refractivity contribution in [2.45, 2.75) is 20.0 Å². The fraction of sp³-hybridized carbons (Fsp3) is 0.538. The molecule has 0 spiro atoms. The van der Waals surface area contributed by atoms with E-state index in [0.717, 1.165) is 0 Å². The van der Waals surface area contributed by atoms with Gasteiger partial charge in [-0.05, 0) is 26.0 Å². The van der Waals surface area contributed by atoms with Gasteiger partial charge in [0.25, 0.3) is 0 Å². The molecule has 0 saturated carbocycles. The third-order valence-corrected chi connectivity index (χ3v) is 4.01. The Bertz CT molecular complexity index is 473. The molecule has 0 aliphatic carbocycles. The second-order valence-electron chi connectivity index (χ2n) is 5.26. The lowest BCUT2D eigenvalue weighted by molar-refractivity contribution is -0.148. The average molecular weight is 303 g/mol. The maximum absolute atomic E-state index is 12.1. The van der Waals surface area contributed by atoms with Gasteiger partial charge in [-0.3, -0.25) is 4.79 Å². The molecule has 0 unspecified atom stereocenters. The third-order valence-electron chi connectivity index (χ3n) is 3.05. The minimum atomic E-state index is -0.533. The molecule has 0 radical (unpaired) electrons. The van der Waals surface area contributed by atoms with Crippen LogP contribution in [0.15, 0.2) is 18.3 Å². The maximum atomic E-state index is 12.1. The number of carbonyl (C=O) groups excluding carboxylic acids is 1. The summed E-state index contributed by atoms with van der Waals surface area (Å²) in [5.74, 6) is 0.771. The van der Waals surface area contributed by atoms with E-state index in [1.165, 1.54) is 0 Å². The monoisotopic (exact) mass is 302 g/mol. The van der Waals surface area contributed by atoms with E-state index in [-0.39, 0.29) is 12.0 Å². The fourth-order valence-corrected chi connectivity index (χ4v) is 2.06. The SMILES string of the molecule is CC(C)(CCl)C(=O)N1CC(Oc2ncccc2Cl)C1. The van der Waals surface area contributed by atoms with Crippen molar-refractivity contribution in [3.05, 3.63) is 23.4 Å². The molecule has 104 valence electrons. The highest BCUT2D eigenvalue weighted by molar-refractivity contribution is 6.31. The van der Waals surface area contributed by atoms with Crippen LogP contribution in [-0.4, -0.2) is 40.9 Å². The summed E-state index contributed by atoms with van der Waals surface area (Å²) in [6.07, 6.45) is 1.57. The molecule has 0 atom stereocenters. The molecule has 19 heavy (non-hydrogen) atoms. The highest BCUT2D eigenvalue weighted by atomic mass is 35.5. The lowest BCUT2D eigenvalue weighted by Gasteiger charge is -2.42. The van der Waals surface area contributed by atoms with E-state index in [4.69, 9.17) is 27.9 Å². The van der Waals surface area contributed by atoms with Gasteiger partial charge >= 0.3 is 0 Å². The van der Waals surface area contributed by atoms with E-state index in [9.17, 15) is 4.79 Å². The predicted molar refractivity (Wildman–Crippen MR) is 74.7 cm³/mol. The largest absolute Gasteiger partial charge is 0.470 e. The second-order valence-corrected chi connectivity index (χ2v) is 5.93. The van der Waals surface area contributed by atoms with Crippen molar-refractivity contribution < 1.29 is 9.53 Å². The first-order chi connectivity index (χ1) is 8.94. The number of nitrogens with zero attached hydrogens (tertiary/aromatic N) is 2. The Kier molecular flexibility index (Phi) is 4.21. The molecule has 1 aliphatic rings. The van der Waals surface area contributed by atoms with Gasteiger partial charge in [0.15, 0.2) is 0 Å². The molecule has 1 aromatic heterocycles. The summed E-state index contributed by atoms with van der Waals surface area (Å²) in [6.45, 7) is 4.77. The Balaban J connectivity index is 1.87. The first kappa shape index (κ1) is 14.4. The molecule has 0 aromatic carbocycles. The molecule has 1 saturated heterocycles. The zero-order valence-electron chi connectivity index (χ0n) is 10.9. The summed E-state index contributed by atoms with van der Waals surface area (Å²) in [6, 6.07) is 3.47. The summed E-state index contributed by atoms with van der Waals surface area (Å²) in [7, 11) is 0. The number of alkyl halides is 1. The predicted octanol–water partition coefficient (Wildman–Crippen LogP) is 2.59. The van der Waals surface area contributed by atoms with Gasteiger partial charge in [0.05, 0.1) is 18.5 Å². The fourth-order valence-electron chi connectivity index (χ4n) is 1.78. The number of hydrogen-bond acceptors (Lipinski definition) is 3. The molecule has 1 aromatic rings.